The van der Waals surface area contributed by atoms with Crippen LogP contribution in [0.5, 0.6) is 0 Å². The smallest absolute Gasteiger partial charge is 0.147 e. The minimum Gasteiger partial charge on any atom is -0.298 e. The molecular formula is C12H14O. The van der Waals surface area contributed by atoms with Crippen LogP contribution in [-0.2, 0) is 4.79 Å². The van der Waals surface area contributed by atoms with Gasteiger partial charge in [0, 0.05) is 11.8 Å². The number of carbonyl (C=O) groups excluding carboxylic acids is 1. The van der Waals surface area contributed by atoms with Crippen molar-refractivity contribution in [1.29, 1.82) is 0 Å². The van der Waals surface area contributed by atoms with Gasteiger partial charge in [-0.2, -0.15) is 0 Å². The molecule has 0 saturated heterocycles. The summed E-state index contributed by atoms with van der Waals surface area (Å²) in [5, 5.41) is 0. The Morgan fingerprint density at radius 1 is 1.62 bits per heavy atom. The van der Waals surface area contributed by atoms with Crippen molar-refractivity contribution in [2.75, 3.05) is 0 Å². The Balaban J connectivity index is 2.01. The Morgan fingerprint density at radius 3 is 2.85 bits per heavy atom. The second kappa shape index (κ2) is 1.82. The molecule has 0 aromatic rings. The number of Topliss-reactive ketones (excluding diaryl/α,β-unsaturated/α-hetero) is 1. The Morgan fingerprint density at radius 2 is 2.31 bits per heavy atom. The lowest BCUT2D eigenvalue weighted by Crippen LogP contribution is -2.55. The number of allylic oxidation sites excluding steroid dienone is 3. The summed E-state index contributed by atoms with van der Waals surface area (Å²) in [6.07, 6.45) is 8.82. The van der Waals surface area contributed by atoms with Crippen LogP contribution in [0.3, 0.4) is 0 Å². The molecule has 0 aromatic heterocycles. The minimum atomic E-state index is -0.243. The average molecular weight is 174 g/mol. The van der Waals surface area contributed by atoms with Crippen molar-refractivity contribution in [1.82, 2.24) is 0 Å². The highest BCUT2D eigenvalue weighted by Crippen LogP contribution is 2.69. The molecule has 3 atom stereocenters. The van der Waals surface area contributed by atoms with Crippen LogP contribution in [0.15, 0.2) is 24.8 Å². The fourth-order valence-corrected chi connectivity index (χ4v) is 3.10. The first-order valence-electron chi connectivity index (χ1n) is 5.01. The number of hydrogen-bond acceptors (Lipinski definition) is 1. The van der Waals surface area contributed by atoms with E-state index in [1.165, 1.54) is 12.8 Å². The molecule has 13 heavy (non-hydrogen) atoms. The maximum Gasteiger partial charge on any atom is 0.147 e. The van der Waals surface area contributed by atoms with Gasteiger partial charge in [0.1, 0.15) is 5.78 Å². The monoisotopic (exact) mass is 174 g/mol. The number of hydrogen-bond donors (Lipinski definition) is 0. The third-order valence-electron chi connectivity index (χ3n) is 4.37. The van der Waals surface area contributed by atoms with Gasteiger partial charge in [0.05, 0.1) is 5.41 Å². The van der Waals surface area contributed by atoms with E-state index in [2.05, 4.69) is 18.7 Å². The molecule has 3 aliphatic rings. The van der Waals surface area contributed by atoms with Gasteiger partial charge in [0.15, 0.2) is 0 Å². The van der Waals surface area contributed by atoms with Crippen molar-refractivity contribution in [2.45, 2.75) is 19.8 Å². The molecule has 2 fully saturated rings. The zero-order valence-electron chi connectivity index (χ0n) is 7.92. The lowest BCUT2D eigenvalue weighted by molar-refractivity contribution is -0.148. The lowest BCUT2D eigenvalue weighted by atomic mass is 9.52. The SMILES string of the molecule is C=CC1(C)C(=O)[C@@H]2[C@H]1C=CC21CC1. The Hall–Kier alpha value is -0.850. The highest BCUT2D eigenvalue weighted by molar-refractivity contribution is 5.98. The molecule has 0 radical (unpaired) electrons. The van der Waals surface area contributed by atoms with Crippen LogP contribution in [0.4, 0.5) is 0 Å². The van der Waals surface area contributed by atoms with E-state index in [4.69, 9.17) is 0 Å². The molecular weight excluding hydrogens is 160 g/mol. The minimum absolute atomic E-state index is 0.243. The van der Waals surface area contributed by atoms with E-state index in [9.17, 15) is 4.79 Å². The first-order valence-corrected chi connectivity index (χ1v) is 5.01. The summed E-state index contributed by atoms with van der Waals surface area (Å²) in [7, 11) is 0. The van der Waals surface area contributed by atoms with Gasteiger partial charge in [-0.1, -0.05) is 18.2 Å². The normalized spacial score (nSPS) is 48.8. The third-order valence-corrected chi connectivity index (χ3v) is 4.37. The van der Waals surface area contributed by atoms with E-state index in [0.717, 1.165) is 0 Å². The molecule has 2 saturated carbocycles. The van der Waals surface area contributed by atoms with Crippen molar-refractivity contribution >= 4 is 5.78 Å². The molecule has 3 aliphatic carbocycles. The molecule has 3 rings (SSSR count). The fourth-order valence-electron chi connectivity index (χ4n) is 3.10. The molecule has 1 heteroatoms. The molecule has 0 bridgehead atoms. The zero-order valence-corrected chi connectivity index (χ0v) is 7.92. The third kappa shape index (κ3) is 0.609. The van der Waals surface area contributed by atoms with Crippen LogP contribution < -0.4 is 0 Å². The zero-order chi connectivity index (χ0) is 9.27. The Labute approximate surface area is 78.5 Å². The van der Waals surface area contributed by atoms with Gasteiger partial charge in [-0.15, -0.1) is 6.58 Å². The summed E-state index contributed by atoms with van der Waals surface area (Å²) in [5.41, 5.74) is 0.0670. The molecule has 68 valence electrons. The van der Waals surface area contributed by atoms with Crippen LogP contribution in [0.25, 0.3) is 0 Å². The molecule has 1 unspecified atom stereocenters. The fraction of sp³-hybridized carbons (Fsp3) is 0.583. The van der Waals surface area contributed by atoms with Crippen molar-refractivity contribution in [3.05, 3.63) is 24.8 Å². The molecule has 0 heterocycles. The maximum atomic E-state index is 11.9. The van der Waals surface area contributed by atoms with E-state index >= 15 is 0 Å². The molecule has 0 N–H and O–H groups in total. The highest BCUT2D eigenvalue weighted by Gasteiger charge is 2.68. The molecule has 1 spiro atoms. The number of ketones is 1. The van der Waals surface area contributed by atoms with Crippen LogP contribution in [0, 0.1) is 22.7 Å². The van der Waals surface area contributed by atoms with Crippen molar-refractivity contribution < 1.29 is 4.79 Å². The van der Waals surface area contributed by atoms with Crippen molar-refractivity contribution in [3.8, 4) is 0 Å². The van der Waals surface area contributed by atoms with E-state index in [0.29, 0.717) is 23.0 Å². The van der Waals surface area contributed by atoms with E-state index in [-0.39, 0.29) is 5.41 Å². The molecule has 0 aliphatic heterocycles. The first-order chi connectivity index (χ1) is 6.14. The van der Waals surface area contributed by atoms with E-state index in [1.54, 1.807) is 0 Å². The molecule has 1 nitrogen and oxygen atoms in total. The van der Waals surface area contributed by atoms with Crippen LogP contribution in [-0.4, -0.2) is 5.78 Å². The topological polar surface area (TPSA) is 17.1 Å². The molecule has 0 aromatic carbocycles. The summed E-state index contributed by atoms with van der Waals surface area (Å²) < 4.78 is 0. The predicted octanol–water partition coefficient (Wildman–Crippen LogP) is 2.34. The van der Waals surface area contributed by atoms with Crippen LogP contribution in [0.2, 0.25) is 0 Å². The second-order valence-electron chi connectivity index (χ2n) is 4.95. The van der Waals surface area contributed by atoms with Gasteiger partial charge < -0.3 is 0 Å². The number of rotatable bonds is 1. The second-order valence-corrected chi connectivity index (χ2v) is 4.95. The van der Waals surface area contributed by atoms with Gasteiger partial charge in [-0.05, 0) is 25.2 Å². The molecule has 0 amide bonds. The summed E-state index contributed by atoms with van der Waals surface area (Å²) in [4.78, 5) is 11.9. The van der Waals surface area contributed by atoms with E-state index < -0.39 is 0 Å². The van der Waals surface area contributed by atoms with Gasteiger partial charge in [-0.3, -0.25) is 4.79 Å². The summed E-state index contributed by atoms with van der Waals surface area (Å²) >= 11 is 0. The quantitative estimate of drug-likeness (QED) is 0.558. The summed E-state index contributed by atoms with van der Waals surface area (Å²) in [6.45, 7) is 5.80. The van der Waals surface area contributed by atoms with Gasteiger partial charge >= 0.3 is 0 Å². The van der Waals surface area contributed by atoms with Crippen molar-refractivity contribution in [2.24, 2.45) is 22.7 Å². The van der Waals surface area contributed by atoms with Crippen molar-refractivity contribution in [3.63, 3.8) is 0 Å². The number of fused-ring (bicyclic) bond motifs is 2. The highest BCUT2D eigenvalue weighted by atomic mass is 16.1. The maximum absolute atomic E-state index is 11.9. The van der Waals surface area contributed by atoms with Crippen LogP contribution in [0.1, 0.15) is 19.8 Å². The Kier molecular flexibility index (Phi) is 1.05. The van der Waals surface area contributed by atoms with Crippen LogP contribution >= 0.6 is 0 Å². The summed E-state index contributed by atoms with van der Waals surface area (Å²) in [6, 6.07) is 0. The predicted molar refractivity (Wildman–Crippen MR) is 51.1 cm³/mol. The standard InChI is InChI=1S/C12H14O/c1-3-11(2)8-4-5-12(6-7-12)9(8)10(11)13/h3-5,8-9H,1,6-7H2,2H3/t8-,9+,11?/m1/s1. The largest absolute Gasteiger partial charge is 0.298 e. The van der Waals surface area contributed by atoms with Gasteiger partial charge in [0.2, 0.25) is 0 Å². The average Bonchev–Trinajstić information content (AvgIpc) is 2.79. The first kappa shape index (κ1) is 7.54. The van der Waals surface area contributed by atoms with Gasteiger partial charge in [0.25, 0.3) is 0 Å². The van der Waals surface area contributed by atoms with Gasteiger partial charge in [-0.25, -0.2) is 0 Å². The van der Waals surface area contributed by atoms with E-state index in [1.807, 2.05) is 13.0 Å². The summed E-state index contributed by atoms with van der Waals surface area (Å²) in [5.74, 6) is 1.20. The number of carbonyl (C=O) groups is 1. The Bertz CT molecular complexity index is 335. The lowest BCUT2D eigenvalue weighted by Gasteiger charge is -2.48.